The minimum Gasteiger partial charge on any atom is -0.462 e. The maximum Gasteiger partial charge on any atom is 0.306 e. The second-order valence-electron chi connectivity index (χ2n) is 18.5. The number of carbonyl (C=O) groups excluding carboxylic acids is 3. The van der Waals surface area contributed by atoms with Gasteiger partial charge in [0.1, 0.15) is 13.2 Å². The highest BCUT2D eigenvalue weighted by molar-refractivity contribution is 5.71. The van der Waals surface area contributed by atoms with Crippen molar-refractivity contribution in [2.45, 2.75) is 303 Å². The van der Waals surface area contributed by atoms with E-state index in [1.165, 1.54) is 186 Å². The molecule has 1 unspecified atom stereocenters. The molecule has 0 amide bonds. The summed E-state index contributed by atoms with van der Waals surface area (Å²) < 4.78 is 16.7. The van der Waals surface area contributed by atoms with Crippen LogP contribution in [0.25, 0.3) is 0 Å². The van der Waals surface area contributed by atoms with Gasteiger partial charge >= 0.3 is 17.9 Å². The number of hydrogen-bond acceptors (Lipinski definition) is 6. The first-order valence-electron chi connectivity index (χ1n) is 27.3. The van der Waals surface area contributed by atoms with Crippen LogP contribution in [0.3, 0.4) is 0 Å². The van der Waals surface area contributed by atoms with Gasteiger partial charge in [0.05, 0.1) is 0 Å². The SMILES string of the molecule is CCCCC/C=C\C/C=C\CCCCCCCCCC(=O)OC(COC(=O)CCCCCCCC)COC(=O)CCCCCCCCCCCCCCCCCCCCCCC. The average Bonchev–Trinajstić information content (AvgIpc) is 3.27. The molecule has 0 aromatic carbocycles. The third kappa shape index (κ3) is 48.9. The van der Waals surface area contributed by atoms with Gasteiger partial charge in [-0.1, -0.05) is 251 Å². The van der Waals surface area contributed by atoms with E-state index in [-0.39, 0.29) is 31.1 Å². The van der Waals surface area contributed by atoms with E-state index in [2.05, 4.69) is 45.1 Å². The molecular weight excluding hydrogens is 769 g/mol. The summed E-state index contributed by atoms with van der Waals surface area (Å²) in [5.41, 5.74) is 0. The normalized spacial score (nSPS) is 12.1. The zero-order valence-electron chi connectivity index (χ0n) is 41.7. The van der Waals surface area contributed by atoms with Gasteiger partial charge in [0, 0.05) is 19.3 Å². The predicted molar refractivity (Wildman–Crippen MR) is 266 cm³/mol. The maximum absolute atomic E-state index is 12.8. The number of esters is 3. The van der Waals surface area contributed by atoms with Crippen molar-refractivity contribution < 1.29 is 28.6 Å². The van der Waals surface area contributed by atoms with E-state index < -0.39 is 6.10 Å². The number of hydrogen-bond donors (Lipinski definition) is 0. The van der Waals surface area contributed by atoms with Gasteiger partial charge < -0.3 is 14.2 Å². The molecule has 6 nitrogen and oxygen atoms in total. The highest BCUT2D eigenvalue weighted by Crippen LogP contribution is 2.17. The van der Waals surface area contributed by atoms with Crippen molar-refractivity contribution in [2.24, 2.45) is 0 Å². The van der Waals surface area contributed by atoms with Crippen LogP contribution in [0.2, 0.25) is 0 Å². The first-order valence-corrected chi connectivity index (χ1v) is 27.3. The van der Waals surface area contributed by atoms with Crippen molar-refractivity contribution >= 4 is 17.9 Å². The van der Waals surface area contributed by atoms with Gasteiger partial charge in [0.25, 0.3) is 0 Å². The summed E-state index contributed by atoms with van der Waals surface area (Å²) in [4.78, 5) is 37.8. The van der Waals surface area contributed by atoms with Gasteiger partial charge in [0.15, 0.2) is 6.10 Å². The van der Waals surface area contributed by atoms with Crippen molar-refractivity contribution in [3.63, 3.8) is 0 Å². The van der Waals surface area contributed by atoms with Crippen LogP contribution < -0.4 is 0 Å². The van der Waals surface area contributed by atoms with Crippen molar-refractivity contribution in [2.75, 3.05) is 13.2 Å². The lowest BCUT2D eigenvalue weighted by Gasteiger charge is -2.18. The maximum atomic E-state index is 12.8. The lowest BCUT2D eigenvalue weighted by atomic mass is 10.0. The molecule has 0 aromatic heterocycles. The minimum absolute atomic E-state index is 0.0704. The average molecular weight is 873 g/mol. The molecule has 0 spiro atoms. The first-order chi connectivity index (χ1) is 30.5. The van der Waals surface area contributed by atoms with E-state index >= 15 is 0 Å². The molecule has 0 aliphatic rings. The van der Waals surface area contributed by atoms with Crippen LogP contribution in [0, 0.1) is 0 Å². The van der Waals surface area contributed by atoms with E-state index in [1.807, 2.05) is 0 Å². The van der Waals surface area contributed by atoms with Crippen molar-refractivity contribution in [3.8, 4) is 0 Å². The van der Waals surface area contributed by atoms with Crippen LogP contribution in [0.5, 0.6) is 0 Å². The fraction of sp³-hybridized carbons (Fsp3) is 0.875. The van der Waals surface area contributed by atoms with E-state index in [4.69, 9.17) is 14.2 Å². The summed E-state index contributed by atoms with van der Waals surface area (Å²) in [5, 5.41) is 0. The Morgan fingerprint density at radius 1 is 0.323 bits per heavy atom. The number of ether oxygens (including phenoxy) is 3. The molecule has 364 valence electrons. The second kappa shape index (κ2) is 51.5. The Morgan fingerprint density at radius 2 is 0.581 bits per heavy atom. The molecule has 0 N–H and O–H groups in total. The number of rotatable bonds is 50. The molecule has 0 fully saturated rings. The highest BCUT2D eigenvalue weighted by atomic mass is 16.6. The molecule has 0 bridgehead atoms. The molecule has 0 aliphatic heterocycles. The zero-order chi connectivity index (χ0) is 45.1. The molecule has 62 heavy (non-hydrogen) atoms. The van der Waals surface area contributed by atoms with Gasteiger partial charge in [-0.05, 0) is 51.4 Å². The fourth-order valence-electron chi connectivity index (χ4n) is 8.06. The number of carbonyl (C=O) groups is 3. The standard InChI is InChI=1S/C56H104O6/c1-4-7-10-13-16-18-20-22-24-26-27-28-29-31-32-34-36-38-40-43-46-49-55(58)61-52-53(51-60-54(57)48-45-42-15-12-9-6-3)62-56(59)50-47-44-41-39-37-35-33-30-25-23-21-19-17-14-11-8-5-2/h17,19,23,25,53H,4-16,18,20-22,24,26-52H2,1-3H3/b19-17-,25-23-. The summed E-state index contributed by atoms with van der Waals surface area (Å²) in [7, 11) is 0. The monoisotopic (exact) mass is 873 g/mol. The van der Waals surface area contributed by atoms with Gasteiger partial charge in [0.2, 0.25) is 0 Å². The number of allylic oxidation sites excluding steroid dienone is 4. The summed E-state index contributed by atoms with van der Waals surface area (Å²) in [6.07, 6.45) is 59.1. The van der Waals surface area contributed by atoms with Crippen molar-refractivity contribution in [1.82, 2.24) is 0 Å². The zero-order valence-corrected chi connectivity index (χ0v) is 41.7. The molecule has 6 heteroatoms. The third-order valence-electron chi connectivity index (χ3n) is 12.2. The lowest BCUT2D eigenvalue weighted by Crippen LogP contribution is -2.30. The molecule has 0 saturated carbocycles. The van der Waals surface area contributed by atoms with Crippen LogP contribution in [-0.2, 0) is 28.6 Å². The Labute approximate surface area is 385 Å². The summed E-state index contributed by atoms with van der Waals surface area (Å²) in [6.45, 7) is 6.59. The Morgan fingerprint density at radius 3 is 0.919 bits per heavy atom. The Balaban J connectivity index is 4.13. The molecule has 0 heterocycles. The molecule has 0 aliphatic carbocycles. The van der Waals surface area contributed by atoms with Crippen molar-refractivity contribution in [3.05, 3.63) is 24.3 Å². The first kappa shape index (κ1) is 59.9. The third-order valence-corrected chi connectivity index (χ3v) is 12.2. The largest absolute Gasteiger partial charge is 0.462 e. The van der Waals surface area contributed by atoms with Crippen LogP contribution in [0.1, 0.15) is 297 Å². The van der Waals surface area contributed by atoms with Gasteiger partial charge in [-0.3, -0.25) is 14.4 Å². The molecule has 0 rings (SSSR count). The Kier molecular flexibility index (Phi) is 49.8. The van der Waals surface area contributed by atoms with Crippen molar-refractivity contribution in [1.29, 1.82) is 0 Å². The fourth-order valence-corrected chi connectivity index (χ4v) is 8.06. The smallest absolute Gasteiger partial charge is 0.306 e. The minimum atomic E-state index is -0.768. The van der Waals surface area contributed by atoms with E-state index in [0.717, 1.165) is 70.6 Å². The predicted octanol–water partition coefficient (Wildman–Crippen LogP) is 17.9. The summed E-state index contributed by atoms with van der Waals surface area (Å²) in [6, 6.07) is 0. The van der Waals surface area contributed by atoms with E-state index in [1.54, 1.807) is 0 Å². The quantitative estimate of drug-likeness (QED) is 0.0262. The van der Waals surface area contributed by atoms with Gasteiger partial charge in [-0.2, -0.15) is 0 Å². The van der Waals surface area contributed by atoms with Crippen LogP contribution >= 0.6 is 0 Å². The van der Waals surface area contributed by atoms with E-state index in [9.17, 15) is 14.4 Å². The van der Waals surface area contributed by atoms with Crippen LogP contribution in [-0.4, -0.2) is 37.2 Å². The Hall–Kier alpha value is -2.11. The van der Waals surface area contributed by atoms with Gasteiger partial charge in [-0.15, -0.1) is 0 Å². The highest BCUT2D eigenvalue weighted by Gasteiger charge is 2.19. The second-order valence-corrected chi connectivity index (χ2v) is 18.5. The number of unbranched alkanes of at least 4 members (excludes halogenated alkanes) is 35. The Bertz CT molecular complexity index is 1000. The molecule has 0 saturated heterocycles. The molecule has 0 aromatic rings. The van der Waals surface area contributed by atoms with E-state index in [0.29, 0.717) is 19.3 Å². The lowest BCUT2D eigenvalue weighted by molar-refractivity contribution is -0.167. The summed E-state index contributed by atoms with van der Waals surface area (Å²) in [5.74, 6) is -0.873. The van der Waals surface area contributed by atoms with Gasteiger partial charge in [-0.25, -0.2) is 0 Å². The summed E-state index contributed by atoms with van der Waals surface area (Å²) >= 11 is 0. The topological polar surface area (TPSA) is 78.9 Å². The van der Waals surface area contributed by atoms with Crippen LogP contribution in [0.4, 0.5) is 0 Å². The van der Waals surface area contributed by atoms with Crippen LogP contribution in [0.15, 0.2) is 24.3 Å². The molecule has 0 radical (unpaired) electrons. The molecular formula is C56H104O6. The molecule has 1 atom stereocenters.